The molecule has 17 heavy (non-hydrogen) atoms. The molecule has 0 unspecified atom stereocenters. The molecule has 0 N–H and O–H groups in total. The van der Waals surface area contributed by atoms with Crippen LogP contribution in [0.5, 0.6) is 0 Å². The summed E-state index contributed by atoms with van der Waals surface area (Å²) in [5.41, 5.74) is 0.648. The van der Waals surface area contributed by atoms with Crippen LogP contribution in [0.15, 0.2) is 28.7 Å². The number of rotatable bonds is 0. The molecular formula is C13H9BrO3. The van der Waals surface area contributed by atoms with Crippen molar-refractivity contribution in [2.24, 2.45) is 0 Å². The van der Waals surface area contributed by atoms with Crippen LogP contribution in [0.4, 0.5) is 0 Å². The molecule has 1 aliphatic heterocycles. The Balaban J connectivity index is 2.21. The topological polar surface area (TPSA) is 43.4 Å². The minimum atomic E-state index is -1.07. The summed E-state index contributed by atoms with van der Waals surface area (Å²) in [6.45, 7) is 0. The van der Waals surface area contributed by atoms with Crippen LogP contribution >= 0.6 is 15.9 Å². The standard InChI is InChI=1S/C13H9BrO3/c14-9-2-3-10-8(7-9)1-4-11(15)13(10)6-5-12(16)17-13/h1-4,7H,5-6H2/t13-/m0/s1. The molecule has 86 valence electrons. The van der Waals surface area contributed by atoms with E-state index >= 15 is 0 Å². The average Bonchev–Trinajstić information content (AvgIpc) is 2.68. The summed E-state index contributed by atoms with van der Waals surface area (Å²) in [5, 5.41) is 0. The fourth-order valence-electron chi connectivity index (χ4n) is 2.41. The zero-order chi connectivity index (χ0) is 12.0. The third-order valence-corrected chi connectivity index (χ3v) is 3.72. The van der Waals surface area contributed by atoms with Crippen molar-refractivity contribution in [2.45, 2.75) is 18.4 Å². The molecule has 3 rings (SSSR count). The van der Waals surface area contributed by atoms with Crippen molar-refractivity contribution >= 4 is 33.8 Å². The normalized spacial score (nSPS) is 26.2. The summed E-state index contributed by atoms with van der Waals surface area (Å²) in [6.07, 6.45) is 3.99. The summed E-state index contributed by atoms with van der Waals surface area (Å²) < 4.78 is 6.25. The van der Waals surface area contributed by atoms with Crippen LogP contribution in [0.25, 0.3) is 6.08 Å². The first-order valence-electron chi connectivity index (χ1n) is 5.36. The Bertz CT molecular complexity index is 562. The van der Waals surface area contributed by atoms with Crippen molar-refractivity contribution in [3.05, 3.63) is 39.9 Å². The van der Waals surface area contributed by atoms with Crippen molar-refractivity contribution < 1.29 is 14.3 Å². The van der Waals surface area contributed by atoms with Crippen LogP contribution in [0, 0.1) is 0 Å². The highest BCUT2D eigenvalue weighted by atomic mass is 79.9. The van der Waals surface area contributed by atoms with Gasteiger partial charge in [-0.3, -0.25) is 9.59 Å². The van der Waals surface area contributed by atoms with Gasteiger partial charge in [-0.2, -0.15) is 0 Å². The summed E-state index contributed by atoms with van der Waals surface area (Å²) in [6, 6.07) is 5.63. The van der Waals surface area contributed by atoms with Crippen molar-refractivity contribution in [3.8, 4) is 0 Å². The first kappa shape index (κ1) is 10.7. The smallest absolute Gasteiger partial charge is 0.307 e. The van der Waals surface area contributed by atoms with E-state index in [0.29, 0.717) is 12.8 Å². The van der Waals surface area contributed by atoms with E-state index in [1.54, 1.807) is 6.08 Å². The van der Waals surface area contributed by atoms with Crippen LogP contribution < -0.4 is 0 Å². The van der Waals surface area contributed by atoms with E-state index in [1.807, 2.05) is 18.2 Å². The van der Waals surface area contributed by atoms with Gasteiger partial charge in [0.2, 0.25) is 5.78 Å². The largest absolute Gasteiger partial charge is 0.446 e. The van der Waals surface area contributed by atoms with Gasteiger partial charge in [0.15, 0.2) is 5.60 Å². The molecule has 1 heterocycles. The van der Waals surface area contributed by atoms with Crippen molar-refractivity contribution in [1.29, 1.82) is 0 Å². The number of ketones is 1. The lowest BCUT2D eigenvalue weighted by Crippen LogP contribution is -2.36. The monoisotopic (exact) mass is 292 g/mol. The lowest BCUT2D eigenvalue weighted by atomic mass is 9.80. The van der Waals surface area contributed by atoms with Crippen LogP contribution in [-0.4, -0.2) is 11.8 Å². The van der Waals surface area contributed by atoms with Gasteiger partial charge in [0.05, 0.1) is 6.42 Å². The summed E-state index contributed by atoms with van der Waals surface area (Å²) in [4.78, 5) is 23.4. The number of halogens is 1. The van der Waals surface area contributed by atoms with Gasteiger partial charge in [-0.25, -0.2) is 0 Å². The van der Waals surface area contributed by atoms with E-state index in [1.165, 1.54) is 6.08 Å². The highest BCUT2D eigenvalue weighted by Gasteiger charge is 2.49. The number of benzene rings is 1. The summed E-state index contributed by atoms with van der Waals surface area (Å²) in [7, 11) is 0. The van der Waals surface area contributed by atoms with Gasteiger partial charge < -0.3 is 4.74 Å². The van der Waals surface area contributed by atoms with Gasteiger partial charge in [0, 0.05) is 16.5 Å². The molecule has 4 heteroatoms. The first-order valence-corrected chi connectivity index (χ1v) is 6.15. The first-order chi connectivity index (χ1) is 8.12. The van der Waals surface area contributed by atoms with E-state index in [9.17, 15) is 9.59 Å². The van der Waals surface area contributed by atoms with Gasteiger partial charge in [0.25, 0.3) is 0 Å². The number of ether oxygens (including phenoxy) is 1. The summed E-state index contributed by atoms with van der Waals surface area (Å²) >= 11 is 3.39. The number of carbonyl (C=O) groups excluding carboxylic acids is 2. The molecule has 1 aromatic carbocycles. The number of esters is 1. The average molecular weight is 293 g/mol. The Morgan fingerprint density at radius 3 is 2.76 bits per heavy atom. The van der Waals surface area contributed by atoms with Crippen LogP contribution in [0.1, 0.15) is 24.0 Å². The van der Waals surface area contributed by atoms with Gasteiger partial charge >= 0.3 is 5.97 Å². The highest BCUT2D eigenvalue weighted by molar-refractivity contribution is 9.10. The van der Waals surface area contributed by atoms with Gasteiger partial charge in [0.1, 0.15) is 0 Å². The number of carbonyl (C=O) groups is 2. The quantitative estimate of drug-likeness (QED) is 0.690. The Labute approximate surface area is 107 Å². The summed E-state index contributed by atoms with van der Waals surface area (Å²) in [5.74, 6) is -0.444. The fraction of sp³-hybridized carbons (Fsp3) is 0.231. The van der Waals surface area contributed by atoms with Crippen molar-refractivity contribution in [3.63, 3.8) is 0 Å². The lowest BCUT2D eigenvalue weighted by molar-refractivity contribution is -0.156. The molecule has 3 nitrogen and oxygen atoms in total. The second-order valence-electron chi connectivity index (χ2n) is 4.23. The lowest BCUT2D eigenvalue weighted by Gasteiger charge is -2.29. The third-order valence-electron chi connectivity index (χ3n) is 3.23. The molecule has 1 aliphatic carbocycles. The molecule has 1 saturated heterocycles. The third kappa shape index (κ3) is 1.47. The minimum absolute atomic E-state index is 0.141. The molecule has 0 amide bonds. The van der Waals surface area contributed by atoms with Crippen molar-refractivity contribution in [1.82, 2.24) is 0 Å². The molecule has 0 radical (unpaired) electrons. The van der Waals surface area contributed by atoms with Crippen LogP contribution in [0.2, 0.25) is 0 Å². The highest BCUT2D eigenvalue weighted by Crippen LogP contribution is 2.43. The second-order valence-corrected chi connectivity index (χ2v) is 5.15. The van der Waals surface area contributed by atoms with E-state index < -0.39 is 5.60 Å². The molecule has 0 bridgehead atoms. The molecule has 1 fully saturated rings. The molecule has 1 aromatic rings. The predicted octanol–water partition coefficient (Wildman–Crippen LogP) is 2.58. The maximum atomic E-state index is 12.0. The zero-order valence-corrected chi connectivity index (χ0v) is 10.5. The minimum Gasteiger partial charge on any atom is -0.446 e. The predicted molar refractivity (Wildman–Crippen MR) is 65.2 cm³/mol. The second kappa shape index (κ2) is 3.53. The Hall–Kier alpha value is -1.42. The number of fused-ring (bicyclic) bond motifs is 2. The van der Waals surface area contributed by atoms with Crippen LogP contribution in [0.3, 0.4) is 0 Å². The molecule has 1 atom stereocenters. The van der Waals surface area contributed by atoms with E-state index in [0.717, 1.165) is 15.6 Å². The molecule has 0 saturated carbocycles. The maximum Gasteiger partial charge on any atom is 0.307 e. The Morgan fingerprint density at radius 2 is 2.06 bits per heavy atom. The van der Waals surface area contributed by atoms with Gasteiger partial charge in [-0.15, -0.1) is 0 Å². The van der Waals surface area contributed by atoms with Crippen LogP contribution in [-0.2, 0) is 19.9 Å². The van der Waals surface area contributed by atoms with E-state index in [4.69, 9.17) is 4.74 Å². The SMILES string of the molecule is O=C1CC[C@@]2(O1)C(=O)C=Cc1cc(Br)ccc12. The van der Waals surface area contributed by atoms with Crippen molar-refractivity contribution in [2.75, 3.05) is 0 Å². The van der Waals surface area contributed by atoms with E-state index in [-0.39, 0.29) is 11.8 Å². The molecule has 2 aliphatic rings. The van der Waals surface area contributed by atoms with E-state index in [2.05, 4.69) is 15.9 Å². The zero-order valence-electron chi connectivity index (χ0n) is 8.90. The van der Waals surface area contributed by atoms with Gasteiger partial charge in [-0.05, 0) is 23.8 Å². The molecule has 1 spiro atoms. The number of hydrogen-bond donors (Lipinski definition) is 0. The molecular weight excluding hydrogens is 284 g/mol. The fourth-order valence-corrected chi connectivity index (χ4v) is 2.79. The van der Waals surface area contributed by atoms with Gasteiger partial charge in [-0.1, -0.05) is 28.1 Å². The number of hydrogen-bond acceptors (Lipinski definition) is 3. The Morgan fingerprint density at radius 1 is 1.24 bits per heavy atom. The molecule has 0 aromatic heterocycles. The Kier molecular flexibility index (Phi) is 2.23. The maximum absolute atomic E-state index is 12.0.